The van der Waals surface area contributed by atoms with Crippen molar-refractivity contribution in [1.29, 1.82) is 0 Å². The van der Waals surface area contributed by atoms with Crippen LogP contribution < -0.4 is 5.73 Å². The lowest BCUT2D eigenvalue weighted by Gasteiger charge is -2.38. The zero-order valence-electron chi connectivity index (χ0n) is 11.9. The number of rotatable bonds is 6. The van der Waals surface area contributed by atoms with E-state index in [-0.39, 0.29) is 11.4 Å². The molecule has 2 N–H and O–H groups in total. The van der Waals surface area contributed by atoms with Gasteiger partial charge >= 0.3 is 0 Å². The average molecular weight is 306 g/mol. The third kappa shape index (κ3) is 2.84. The number of hydrogen-bond donors (Lipinski definition) is 1. The van der Waals surface area contributed by atoms with E-state index in [9.17, 15) is 17.2 Å². The molecule has 0 saturated carbocycles. The molecule has 0 saturated heterocycles. The molecule has 0 aliphatic rings. The fourth-order valence-corrected chi connectivity index (χ4v) is 3.81. The number of benzene rings is 1. The van der Waals surface area contributed by atoms with E-state index in [1.54, 1.807) is 0 Å². The quantitative estimate of drug-likeness (QED) is 0.875. The molecule has 1 aromatic carbocycles. The monoisotopic (exact) mass is 306 g/mol. The van der Waals surface area contributed by atoms with Gasteiger partial charge < -0.3 is 5.73 Å². The number of halogens is 2. The van der Waals surface area contributed by atoms with Crippen molar-refractivity contribution in [3.8, 4) is 0 Å². The topological polar surface area (TPSA) is 63.4 Å². The Kier molecular flexibility index (Phi) is 5.23. The number of nitrogens with zero attached hydrogens (tertiary/aromatic N) is 1. The summed E-state index contributed by atoms with van der Waals surface area (Å²) in [7, 11) is -2.51. The highest BCUT2D eigenvalue weighted by atomic mass is 32.2. The number of sulfonamides is 1. The third-order valence-electron chi connectivity index (χ3n) is 3.91. The summed E-state index contributed by atoms with van der Waals surface area (Å²) in [5.41, 5.74) is 4.99. The Balaban J connectivity index is 3.31. The lowest BCUT2D eigenvalue weighted by Crippen LogP contribution is -2.53. The first kappa shape index (κ1) is 17.0. The van der Waals surface area contributed by atoms with Gasteiger partial charge in [-0.1, -0.05) is 13.8 Å². The highest BCUT2D eigenvalue weighted by Crippen LogP contribution is 2.28. The Morgan fingerprint density at radius 3 is 2.15 bits per heavy atom. The molecule has 1 aromatic rings. The van der Waals surface area contributed by atoms with Gasteiger partial charge in [0.2, 0.25) is 10.0 Å². The van der Waals surface area contributed by atoms with Crippen LogP contribution in [0.2, 0.25) is 0 Å². The van der Waals surface area contributed by atoms with Crippen LogP contribution in [0, 0.1) is 11.6 Å². The van der Waals surface area contributed by atoms with Crippen LogP contribution in [0.25, 0.3) is 0 Å². The van der Waals surface area contributed by atoms with Crippen LogP contribution in [0.15, 0.2) is 23.1 Å². The summed E-state index contributed by atoms with van der Waals surface area (Å²) in [6.45, 7) is 3.83. The van der Waals surface area contributed by atoms with Crippen molar-refractivity contribution < 1.29 is 17.2 Å². The third-order valence-corrected chi connectivity index (χ3v) is 5.87. The van der Waals surface area contributed by atoms with E-state index in [1.807, 2.05) is 13.8 Å². The van der Waals surface area contributed by atoms with Crippen LogP contribution in [0.5, 0.6) is 0 Å². The summed E-state index contributed by atoms with van der Waals surface area (Å²) in [6, 6.07) is 2.54. The van der Waals surface area contributed by atoms with Crippen molar-refractivity contribution in [2.24, 2.45) is 5.73 Å². The van der Waals surface area contributed by atoms with Gasteiger partial charge in [0.1, 0.15) is 0 Å². The van der Waals surface area contributed by atoms with E-state index in [0.717, 1.165) is 16.4 Å². The van der Waals surface area contributed by atoms with Gasteiger partial charge in [-0.25, -0.2) is 17.2 Å². The largest absolute Gasteiger partial charge is 0.329 e. The maximum absolute atomic E-state index is 13.2. The Hall–Kier alpha value is -1.05. The SMILES string of the molecule is CCC(CC)(CN)N(C)S(=O)(=O)c1ccc(F)c(F)c1. The number of nitrogens with two attached hydrogens (primary N) is 1. The van der Waals surface area contributed by atoms with Gasteiger partial charge in [-0.15, -0.1) is 0 Å². The molecule has 0 radical (unpaired) electrons. The molecule has 0 aliphatic carbocycles. The Morgan fingerprint density at radius 1 is 1.20 bits per heavy atom. The van der Waals surface area contributed by atoms with Gasteiger partial charge in [-0.3, -0.25) is 0 Å². The van der Waals surface area contributed by atoms with E-state index in [0.29, 0.717) is 18.9 Å². The van der Waals surface area contributed by atoms with E-state index < -0.39 is 27.2 Å². The molecule has 0 unspecified atom stereocenters. The van der Waals surface area contributed by atoms with Crippen LogP contribution in [0.4, 0.5) is 8.78 Å². The first-order valence-corrected chi connectivity index (χ1v) is 7.83. The molecule has 0 heterocycles. The molecule has 0 bridgehead atoms. The molecule has 4 nitrogen and oxygen atoms in total. The van der Waals surface area contributed by atoms with Crippen molar-refractivity contribution in [1.82, 2.24) is 4.31 Å². The lowest BCUT2D eigenvalue weighted by molar-refractivity contribution is 0.208. The van der Waals surface area contributed by atoms with Crippen molar-refractivity contribution in [3.63, 3.8) is 0 Å². The molecule has 0 atom stereocenters. The predicted molar refractivity (Wildman–Crippen MR) is 73.7 cm³/mol. The van der Waals surface area contributed by atoms with Crippen molar-refractivity contribution in [3.05, 3.63) is 29.8 Å². The van der Waals surface area contributed by atoms with E-state index in [1.165, 1.54) is 7.05 Å². The van der Waals surface area contributed by atoms with E-state index >= 15 is 0 Å². The fourth-order valence-electron chi connectivity index (χ4n) is 2.16. The number of hydrogen-bond acceptors (Lipinski definition) is 3. The molecule has 0 spiro atoms. The molecule has 0 amide bonds. The summed E-state index contributed by atoms with van der Waals surface area (Å²) in [5.74, 6) is -2.27. The van der Waals surface area contributed by atoms with Crippen LogP contribution in [0.1, 0.15) is 26.7 Å². The van der Waals surface area contributed by atoms with Gasteiger partial charge in [0.25, 0.3) is 0 Å². The second kappa shape index (κ2) is 6.15. The number of likely N-dealkylation sites (N-methyl/N-ethyl adjacent to an activating group) is 1. The highest BCUT2D eigenvalue weighted by Gasteiger charge is 2.38. The molecule has 1 rings (SSSR count). The van der Waals surface area contributed by atoms with Gasteiger partial charge in [-0.05, 0) is 31.0 Å². The summed E-state index contributed by atoms with van der Waals surface area (Å²) < 4.78 is 52.3. The molecule has 0 aromatic heterocycles. The predicted octanol–water partition coefficient (Wildman–Crippen LogP) is 2.10. The van der Waals surface area contributed by atoms with Crippen molar-refractivity contribution >= 4 is 10.0 Å². The molecule has 0 fully saturated rings. The van der Waals surface area contributed by atoms with Crippen LogP contribution in [0.3, 0.4) is 0 Å². The Labute approximate surface area is 118 Å². The van der Waals surface area contributed by atoms with Crippen molar-refractivity contribution in [2.75, 3.05) is 13.6 Å². The second-order valence-electron chi connectivity index (χ2n) is 4.68. The fraction of sp³-hybridized carbons (Fsp3) is 0.538. The average Bonchev–Trinajstić information content (AvgIpc) is 2.44. The van der Waals surface area contributed by atoms with Crippen LogP contribution >= 0.6 is 0 Å². The van der Waals surface area contributed by atoms with Crippen molar-refractivity contribution in [2.45, 2.75) is 37.1 Å². The first-order chi connectivity index (χ1) is 9.25. The molecule has 114 valence electrons. The van der Waals surface area contributed by atoms with Gasteiger partial charge in [-0.2, -0.15) is 4.31 Å². The van der Waals surface area contributed by atoms with E-state index in [4.69, 9.17) is 5.73 Å². The minimum Gasteiger partial charge on any atom is -0.329 e. The molecular formula is C13H20F2N2O2S. The van der Waals surface area contributed by atoms with Crippen LogP contribution in [-0.4, -0.2) is 31.9 Å². The maximum Gasteiger partial charge on any atom is 0.243 e. The summed E-state index contributed by atoms with van der Waals surface area (Å²) in [4.78, 5) is -0.279. The zero-order chi connectivity index (χ0) is 15.6. The van der Waals surface area contributed by atoms with Gasteiger partial charge in [0.15, 0.2) is 11.6 Å². The Bertz CT molecular complexity index is 563. The minimum atomic E-state index is -3.93. The summed E-state index contributed by atoms with van der Waals surface area (Å²) in [5, 5.41) is 0. The normalized spacial score (nSPS) is 12.9. The standard InChI is InChI=1S/C13H20F2N2O2S/c1-4-13(5-2,9-16)17(3)20(18,19)10-6-7-11(14)12(15)8-10/h6-8H,4-5,9,16H2,1-3H3. The molecule has 20 heavy (non-hydrogen) atoms. The minimum absolute atomic E-state index is 0.152. The summed E-state index contributed by atoms with van der Waals surface area (Å²) >= 11 is 0. The van der Waals surface area contributed by atoms with Crippen LogP contribution in [-0.2, 0) is 10.0 Å². The first-order valence-electron chi connectivity index (χ1n) is 6.39. The highest BCUT2D eigenvalue weighted by molar-refractivity contribution is 7.89. The Morgan fingerprint density at radius 2 is 1.75 bits per heavy atom. The zero-order valence-corrected chi connectivity index (χ0v) is 12.7. The van der Waals surface area contributed by atoms with Gasteiger partial charge in [0, 0.05) is 19.1 Å². The second-order valence-corrected chi connectivity index (χ2v) is 6.65. The van der Waals surface area contributed by atoms with E-state index in [2.05, 4.69) is 0 Å². The summed E-state index contributed by atoms with van der Waals surface area (Å²) in [6.07, 6.45) is 1.05. The smallest absolute Gasteiger partial charge is 0.243 e. The molecular weight excluding hydrogens is 286 g/mol. The van der Waals surface area contributed by atoms with Gasteiger partial charge in [0.05, 0.1) is 4.90 Å². The molecule has 7 heteroatoms. The molecule has 0 aliphatic heterocycles. The lowest BCUT2D eigenvalue weighted by atomic mass is 9.93. The maximum atomic E-state index is 13.2.